The van der Waals surface area contributed by atoms with Crippen molar-refractivity contribution in [2.24, 2.45) is 5.92 Å². The minimum Gasteiger partial charge on any atom is -0.390 e. The molecular weight excluding hydrogens is 198 g/mol. The third-order valence-corrected chi connectivity index (χ3v) is 2.47. The number of benzene rings is 1. The lowest BCUT2D eigenvalue weighted by Gasteiger charge is -2.05. The van der Waals surface area contributed by atoms with Gasteiger partial charge < -0.3 is 5.32 Å². The van der Waals surface area contributed by atoms with Crippen molar-refractivity contribution in [2.75, 3.05) is 6.54 Å². The summed E-state index contributed by atoms with van der Waals surface area (Å²) < 4.78 is 0. The number of carbonyl (C=O) groups excluding carboxylic acids is 1. The van der Waals surface area contributed by atoms with Crippen molar-refractivity contribution in [3.8, 4) is 0 Å². The Bertz CT molecular complexity index is 341. The molecule has 0 atom stereocenters. The second-order valence-corrected chi connectivity index (χ2v) is 4.11. The fraction of sp³-hybridized carbons (Fsp3) is 0.357. The van der Waals surface area contributed by atoms with Gasteiger partial charge in [0.25, 0.3) is 0 Å². The SMILES string of the molecule is CC(C)/C(C=O)=C\NCCc1ccccc1. The largest absolute Gasteiger partial charge is 0.390 e. The summed E-state index contributed by atoms with van der Waals surface area (Å²) in [5.41, 5.74) is 2.12. The summed E-state index contributed by atoms with van der Waals surface area (Å²) in [5, 5.41) is 3.17. The lowest BCUT2D eigenvalue weighted by molar-refractivity contribution is -0.105. The first-order valence-corrected chi connectivity index (χ1v) is 5.66. The van der Waals surface area contributed by atoms with Gasteiger partial charge in [-0.05, 0) is 17.9 Å². The number of aldehydes is 1. The van der Waals surface area contributed by atoms with Gasteiger partial charge in [-0.25, -0.2) is 0 Å². The van der Waals surface area contributed by atoms with E-state index < -0.39 is 0 Å². The van der Waals surface area contributed by atoms with E-state index in [2.05, 4.69) is 17.4 Å². The van der Waals surface area contributed by atoms with Crippen LogP contribution < -0.4 is 5.32 Å². The smallest absolute Gasteiger partial charge is 0.147 e. The molecule has 16 heavy (non-hydrogen) atoms. The second kappa shape index (κ2) is 6.83. The highest BCUT2D eigenvalue weighted by molar-refractivity contribution is 5.73. The maximum absolute atomic E-state index is 10.7. The number of carbonyl (C=O) groups is 1. The molecule has 1 aromatic rings. The van der Waals surface area contributed by atoms with E-state index in [-0.39, 0.29) is 5.92 Å². The van der Waals surface area contributed by atoms with E-state index >= 15 is 0 Å². The Labute approximate surface area is 97.4 Å². The lowest BCUT2D eigenvalue weighted by Crippen LogP contribution is -2.12. The van der Waals surface area contributed by atoms with Crippen LogP contribution in [0.3, 0.4) is 0 Å². The quantitative estimate of drug-likeness (QED) is 0.451. The molecule has 2 heteroatoms. The Balaban J connectivity index is 2.33. The topological polar surface area (TPSA) is 29.1 Å². The summed E-state index contributed by atoms with van der Waals surface area (Å²) >= 11 is 0. The Morgan fingerprint density at radius 1 is 1.31 bits per heavy atom. The summed E-state index contributed by atoms with van der Waals surface area (Å²) in [6.45, 7) is 4.88. The lowest BCUT2D eigenvalue weighted by atomic mass is 10.1. The average Bonchev–Trinajstić information content (AvgIpc) is 2.30. The molecule has 0 fully saturated rings. The van der Waals surface area contributed by atoms with Gasteiger partial charge in [-0.1, -0.05) is 44.2 Å². The first-order valence-electron chi connectivity index (χ1n) is 5.66. The molecule has 1 N–H and O–H groups in total. The molecule has 0 aromatic heterocycles. The minimum atomic E-state index is 0.279. The van der Waals surface area contributed by atoms with E-state index in [0.29, 0.717) is 0 Å². The van der Waals surface area contributed by atoms with Gasteiger partial charge in [0.15, 0.2) is 0 Å². The highest BCUT2D eigenvalue weighted by Gasteiger charge is 1.99. The van der Waals surface area contributed by atoms with E-state index in [1.807, 2.05) is 38.2 Å². The van der Waals surface area contributed by atoms with Crippen molar-refractivity contribution >= 4 is 6.29 Å². The summed E-state index contributed by atoms with van der Waals surface area (Å²) in [5.74, 6) is 0.279. The van der Waals surface area contributed by atoms with Crippen LogP contribution in [-0.2, 0) is 11.2 Å². The Morgan fingerprint density at radius 3 is 2.56 bits per heavy atom. The van der Waals surface area contributed by atoms with E-state index in [1.54, 1.807) is 0 Å². The van der Waals surface area contributed by atoms with Crippen molar-refractivity contribution < 1.29 is 4.79 Å². The molecule has 86 valence electrons. The van der Waals surface area contributed by atoms with Crippen molar-refractivity contribution in [2.45, 2.75) is 20.3 Å². The molecule has 0 saturated heterocycles. The molecule has 0 saturated carbocycles. The average molecular weight is 217 g/mol. The zero-order valence-electron chi connectivity index (χ0n) is 9.94. The first kappa shape index (κ1) is 12.5. The molecule has 0 bridgehead atoms. The third-order valence-electron chi connectivity index (χ3n) is 2.47. The van der Waals surface area contributed by atoms with Crippen LogP contribution in [0.25, 0.3) is 0 Å². The minimum absolute atomic E-state index is 0.279. The molecule has 0 spiro atoms. The molecule has 0 aliphatic heterocycles. The summed E-state index contributed by atoms with van der Waals surface area (Å²) in [6.07, 6.45) is 3.71. The van der Waals surface area contributed by atoms with Crippen LogP contribution in [0.2, 0.25) is 0 Å². The second-order valence-electron chi connectivity index (χ2n) is 4.11. The summed E-state index contributed by atoms with van der Waals surface area (Å²) in [4.78, 5) is 10.7. The third kappa shape index (κ3) is 4.30. The van der Waals surface area contributed by atoms with Crippen LogP contribution in [-0.4, -0.2) is 12.8 Å². The van der Waals surface area contributed by atoms with Crippen LogP contribution in [0.15, 0.2) is 42.1 Å². The molecule has 1 aromatic carbocycles. The first-order chi connectivity index (χ1) is 7.74. The van der Waals surface area contributed by atoms with Crippen LogP contribution in [0.4, 0.5) is 0 Å². The molecule has 1 rings (SSSR count). The molecule has 0 unspecified atom stereocenters. The highest BCUT2D eigenvalue weighted by atomic mass is 16.1. The van der Waals surface area contributed by atoms with Crippen LogP contribution in [0.5, 0.6) is 0 Å². The van der Waals surface area contributed by atoms with Crippen LogP contribution in [0, 0.1) is 5.92 Å². The van der Waals surface area contributed by atoms with Gasteiger partial charge in [0.05, 0.1) is 0 Å². The van der Waals surface area contributed by atoms with Crippen molar-refractivity contribution in [1.82, 2.24) is 5.32 Å². The van der Waals surface area contributed by atoms with Gasteiger partial charge >= 0.3 is 0 Å². The van der Waals surface area contributed by atoms with Gasteiger partial charge in [-0.2, -0.15) is 0 Å². The Morgan fingerprint density at radius 2 is 2.00 bits per heavy atom. The monoisotopic (exact) mass is 217 g/mol. The van der Waals surface area contributed by atoms with Crippen molar-refractivity contribution in [1.29, 1.82) is 0 Å². The molecule has 2 nitrogen and oxygen atoms in total. The number of allylic oxidation sites excluding steroid dienone is 1. The highest BCUT2D eigenvalue weighted by Crippen LogP contribution is 2.04. The van der Waals surface area contributed by atoms with Gasteiger partial charge in [0.2, 0.25) is 0 Å². The number of hydrogen-bond donors (Lipinski definition) is 1. The van der Waals surface area contributed by atoms with Gasteiger partial charge in [0.1, 0.15) is 6.29 Å². The van der Waals surface area contributed by atoms with Crippen molar-refractivity contribution in [3.63, 3.8) is 0 Å². The number of hydrogen-bond acceptors (Lipinski definition) is 2. The zero-order chi connectivity index (χ0) is 11.8. The van der Waals surface area contributed by atoms with Crippen molar-refractivity contribution in [3.05, 3.63) is 47.7 Å². The molecule has 0 radical (unpaired) electrons. The fourth-order valence-electron chi connectivity index (χ4n) is 1.39. The maximum atomic E-state index is 10.7. The van der Waals surface area contributed by atoms with E-state index in [4.69, 9.17) is 0 Å². The van der Waals surface area contributed by atoms with Gasteiger partial charge in [-0.3, -0.25) is 4.79 Å². The normalized spacial score (nSPS) is 11.6. The zero-order valence-corrected chi connectivity index (χ0v) is 9.94. The van der Waals surface area contributed by atoms with Crippen LogP contribution in [0.1, 0.15) is 19.4 Å². The molecule has 0 heterocycles. The van der Waals surface area contributed by atoms with E-state index in [0.717, 1.165) is 24.8 Å². The number of rotatable bonds is 6. The van der Waals surface area contributed by atoms with E-state index in [9.17, 15) is 4.79 Å². The Kier molecular flexibility index (Phi) is 5.34. The Hall–Kier alpha value is -1.57. The van der Waals surface area contributed by atoms with Gasteiger partial charge in [-0.15, -0.1) is 0 Å². The molecule has 0 aliphatic rings. The molecule has 0 aliphatic carbocycles. The molecular formula is C14H19NO. The van der Waals surface area contributed by atoms with Gasteiger partial charge in [0, 0.05) is 18.3 Å². The predicted octanol–water partition coefficient (Wildman–Crippen LogP) is 2.56. The van der Waals surface area contributed by atoms with Crippen LogP contribution >= 0.6 is 0 Å². The fourth-order valence-corrected chi connectivity index (χ4v) is 1.39. The number of nitrogens with one attached hydrogen (secondary N) is 1. The standard InChI is InChI=1S/C14H19NO/c1-12(2)14(11-16)10-15-9-8-13-6-4-3-5-7-13/h3-7,10-12,15H,8-9H2,1-2H3/b14-10-. The van der Waals surface area contributed by atoms with E-state index in [1.165, 1.54) is 5.56 Å². The summed E-state index contributed by atoms with van der Waals surface area (Å²) in [6, 6.07) is 10.3. The predicted molar refractivity (Wildman–Crippen MR) is 67.1 cm³/mol. The summed E-state index contributed by atoms with van der Waals surface area (Å²) in [7, 11) is 0. The maximum Gasteiger partial charge on any atom is 0.147 e. The molecule has 0 amide bonds.